The quantitative estimate of drug-likeness (QED) is 0.242. The highest BCUT2D eigenvalue weighted by atomic mass is 79.9. The zero-order valence-corrected chi connectivity index (χ0v) is 13.5. The average molecular weight is 379 g/mol. The molecule has 0 aliphatic rings. The lowest BCUT2D eigenvalue weighted by atomic mass is 10.0. The van der Waals surface area contributed by atoms with Crippen molar-refractivity contribution in [3.63, 3.8) is 0 Å². The van der Waals surface area contributed by atoms with E-state index in [-0.39, 0.29) is 16.5 Å². The van der Waals surface area contributed by atoms with Crippen LogP contribution in [0.25, 0.3) is 10.8 Å². The lowest BCUT2D eigenvalue weighted by Crippen LogP contribution is -2.11. The largest absolute Gasteiger partial charge is 0.506 e. The lowest BCUT2D eigenvalue weighted by Gasteiger charge is -2.07. The number of aromatic nitrogens is 3. The predicted molar refractivity (Wildman–Crippen MR) is 92.1 cm³/mol. The highest BCUT2D eigenvalue weighted by Crippen LogP contribution is 2.33. The molecule has 0 fully saturated rings. The van der Waals surface area contributed by atoms with Gasteiger partial charge in [0.2, 0.25) is 4.77 Å². The van der Waals surface area contributed by atoms with Gasteiger partial charge in [0.05, 0.1) is 10.7 Å². The second-order valence-corrected chi connectivity index (χ2v) is 5.68. The molecule has 0 unspecified atom stereocenters. The minimum atomic E-state index is 0.107. The number of hydrazone groups is 1. The predicted octanol–water partition coefficient (Wildman–Crippen LogP) is 2.72. The summed E-state index contributed by atoms with van der Waals surface area (Å²) < 4.78 is 2.02. The minimum Gasteiger partial charge on any atom is -0.506 e. The molecule has 112 valence electrons. The molecule has 2 aromatic carbocycles. The molecule has 5 N–H and O–H groups in total. The molecule has 0 aliphatic heterocycles. The van der Waals surface area contributed by atoms with Crippen LogP contribution in [0.2, 0.25) is 0 Å². The molecule has 0 saturated heterocycles. The van der Waals surface area contributed by atoms with Crippen molar-refractivity contribution in [2.75, 3.05) is 11.3 Å². The van der Waals surface area contributed by atoms with Crippen LogP contribution >= 0.6 is 28.1 Å². The van der Waals surface area contributed by atoms with E-state index in [0.717, 1.165) is 15.4 Å². The first-order valence-electron chi connectivity index (χ1n) is 6.19. The van der Waals surface area contributed by atoms with Crippen LogP contribution in [0.3, 0.4) is 0 Å². The van der Waals surface area contributed by atoms with E-state index in [4.69, 9.17) is 18.1 Å². The molecule has 0 atom stereocenters. The summed E-state index contributed by atoms with van der Waals surface area (Å²) in [7, 11) is 0. The second kappa shape index (κ2) is 5.78. The Morgan fingerprint density at radius 2 is 2.23 bits per heavy atom. The third-order valence-corrected chi connectivity index (χ3v) is 3.97. The first-order chi connectivity index (χ1) is 10.6. The SMILES string of the molecule is Nn1c(N/N=C\c2c(O)c(Br)cc3ccccc23)n[nH]c1=S. The summed E-state index contributed by atoms with van der Waals surface area (Å²) in [5.41, 5.74) is 3.24. The Kier molecular flexibility index (Phi) is 3.82. The number of benzene rings is 2. The number of fused-ring (bicyclic) bond motifs is 1. The van der Waals surface area contributed by atoms with Crippen LogP contribution < -0.4 is 11.3 Å². The van der Waals surface area contributed by atoms with Crippen molar-refractivity contribution in [1.29, 1.82) is 0 Å². The number of phenolic OH excluding ortho intramolecular Hbond substituents is 1. The fourth-order valence-corrected chi connectivity index (χ4v) is 2.59. The number of rotatable bonds is 3. The number of nitrogen functional groups attached to an aromatic ring is 1. The van der Waals surface area contributed by atoms with E-state index < -0.39 is 0 Å². The molecule has 1 aromatic heterocycles. The molecule has 0 spiro atoms. The summed E-state index contributed by atoms with van der Waals surface area (Å²) >= 11 is 8.23. The summed E-state index contributed by atoms with van der Waals surface area (Å²) in [6.07, 6.45) is 1.50. The Hall–Kier alpha value is -2.39. The molecule has 22 heavy (non-hydrogen) atoms. The fourth-order valence-electron chi connectivity index (χ4n) is 2.00. The average Bonchev–Trinajstić information content (AvgIpc) is 2.83. The van der Waals surface area contributed by atoms with Crippen molar-refractivity contribution < 1.29 is 5.11 Å². The van der Waals surface area contributed by atoms with Gasteiger partial charge in [-0.15, -0.1) is 5.10 Å². The Balaban J connectivity index is 1.99. The number of aromatic amines is 1. The van der Waals surface area contributed by atoms with Crippen molar-refractivity contribution in [1.82, 2.24) is 14.9 Å². The smallest absolute Gasteiger partial charge is 0.262 e. The maximum Gasteiger partial charge on any atom is 0.262 e. The number of hydrogen-bond acceptors (Lipinski definition) is 6. The van der Waals surface area contributed by atoms with Crippen molar-refractivity contribution in [2.24, 2.45) is 5.10 Å². The van der Waals surface area contributed by atoms with Gasteiger partial charge in [0.25, 0.3) is 5.95 Å². The van der Waals surface area contributed by atoms with E-state index >= 15 is 0 Å². The van der Waals surface area contributed by atoms with Crippen LogP contribution in [-0.2, 0) is 0 Å². The van der Waals surface area contributed by atoms with Gasteiger partial charge in [0.1, 0.15) is 5.75 Å². The van der Waals surface area contributed by atoms with Gasteiger partial charge < -0.3 is 10.9 Å². The fraction of sp³-hybridized carbons (Fsp3) is 0. The van der Waals surface area contributed by atoms with Crippen molar-refractivity contribution in [2.45, 2.75) is 0 Å². The van der Waals surface area contributed by atoms with Crippen LogP contribution in [0.5, 0.6) is 5.75 Å². The van der Waals surface area contributed by atoms with Crippen LogP contribution in [0, 0.1) is 4.77 Å². The number of nitrogens with one attached hydrogen (secondary N) is 2. The van der Waals surface area contributed by atoms with E-state index in [9.17, 15) is 5.11 Å². The first-order valence-corrected chi connectivity index (χ1v) is 7.40. The summed E-state index contributed by atoms with van der Waals surface area (Å²) in [6.45, 7) is 0. The minimum absolute atomic E-state index is 0.107. The summed E-state index contributed by atoms with van der Waals surface area (Å²) in [5, 5.41) is 22.5. The normalized spacial score (nSPS) is 11.3. The molecule has 3 rings (SSSR count). The molecular formula is C13H11BrN6OS. The summed E-state index contributed by atoms with van der Waals surface area (Å²) in [4.78, 5) is 0. The number of nitrogens with zero attached hydrogens (tertiary/aromatic N) is 3. The van der Waals surface area contributed by atoms with Gasteiger partial charge in [-0.3, -0.25) is 0 Å². The number of aromatic hydroxyl groups is 1. The third-order valence-electron chi connectivity index (χ3n) is 3.08. The van der Waals surface area contributed by atoms with Crippen molar-refractivity contribution in [3.05, 3.63) is 45.1 Å². The molecule has 3 aromatic rings. The Bertz CT molecular complexity index is 932. The zero-order valence-electron chi connectivity index (χ0n) is 11.1. The number of anilines is 1. The van der Waals surface area contributed by atoms with Gasteiger partial charge in [-0.2, -0.15) is 9.78 Å². The van der Waals surface area contributed by atoms with E-state index in [1.54, 1.807) is 0 Å². The summed E-state index contributed by atoms with van der Waals surface area (Å²) in [6, 6.07) is 9.53. The number of H-pyrrole nitrogens is 1. The number of nitrogens with two attached hydrogens (primary N) is 1. The molecule has 1 heterocycles. The first kappa shape index (κ1) is 14.5. The van der Waals surface area contributed by atoms with E-state index in [0.29, 0.717) is 10.0 Å². The highest BCUT2D eigenvalue weighted by molar-refractivity contribution is 9.10. The van der Waals surface area contributed by atoms with Crippen LogP contribution in [0.4, 0.5) is 5.95 Å². The van der Waals surface area contributed by atoms with Gasteiger partial charge >= 0.3 is 0 Å². The van der Waals surface area contributed by atoms with Gasteiger partial charge in [-0.25, -0.2) is 10.5 Å². The van der Waals surface area contributed by atoms with Crippen LogP contribution in [0.1, 0.15) is 5.56 Å². The van der Waals surface area contributed by atoms with Crippen LogP contribution in [0.15, 0.2) is 39.9 Å². The Morgan fingerprint density at radius 1 is 1.45 bits per heavy atom. The number of phenols is 1. The van der Waals surface area contributed by atoms with Crippen LogP contribution in [-0.4, -0.2) is 26.2 Å². The molecule has 0 saturated carbocycles. The number of hydrogen-bond donors (Lipinski definition) is 4. The third kappa shape index (κ3) is 2.55. The molecule has 0 aliphatic carbocycles. The highest BCUT2D eigenvalue weighted by Gasteiger charge is 2.09. The number of halogens is 1. The molecule has 9 heteroatoms. The summed E-state index contributed by atoms with van der Waals surface area (Å²) in [5.74, 6) is 6.02. The van der Waals surface area contributed by atoms with E-state index in [1.807, 2.05) is 30.3 Å². The Labute approximate surface area is 138 Å². The zero-order chi connectivity index (χ0) is 15.7. The van der Waals surface area contributed by atoms with Crippen molar-refractivity contribution >= 4 is 51.1 Å². The monoisotopic (exact) mass is 378 g/mol. The molecule has 0 radical (unpaired) electrons. The lowest BCUT2D eigenvalue weighted by molar-refractivity contribution is 0.472. The molecule has 0 bridgehead atoms. The maximum atomic E-state index is 10.2. The van der Waals surface area contributed by atoms with E-state index in [1.165, 1.54) is 6.21 Å². The van der Waals surface area contributed by atoms with Gasteiger partial charge in [-0.05, 0) is 45.0 Å². The van der Waals surface area contributed by atoms with Crippen molar-refractivity contribution in [3.8, 4) is 5.75 Å². The van der Waals surface area contributed by atoms with Gasteiger partial charge in [-0.1, -0.05) is 24.3 Å². The second-order valence-electron chi connectivity index (χ2n) is 4.43. The van der Waals surface area contributed by atoms with Gasteiger partial charge in [0.15, 0.2) is 0 Å². The Morgan fingerprint density at radius 3 is 2.95 bits per heavy atom. The topological polar surface area (TPSA) is 104 Å². The van der Waals surface area contributed by atoms with E-state index in [2.05, 4.69) is 36.7 Å². The van der Waals surface area contributed by atoms with Gasteiger partial charge in [0, 0.05) is 5.56 Å². The molecule has 0 amide bonds. The maximum absolute atomic E-state index is 10.2. The molecular weight excluding hydrogens is 368 g/mol. The standard InChI is InChI=1S/C13H11BrN6OS/c14-10-5-7-3-1-2-4-8(7)9(11(10)21)6-16-17-12-18-19-13(22)20(12)15/h1-6,21H,15H2,(H,17,18)(H,19,22)/b16-6-. The molecule has 7 nitrogen and oxygen atoms in total.